The molecule has 0 unspecified atom stereocenters. The quantitative estimate of drug-likeness (QED) is 0.875. The number of hydrogen-bond acceptors (Lipinski definition) is 2. The molecule has 2 aromatic rings. The molecule has 0 radical (unpaired) electrons. The zero-order valence-corrected chi connectivity index (χ0v) is 12.2. The van der Waals surface area contributed by atoms with Crippen LogP contribution in [0.1, 0.15) is 12.5 Å². The lowest BCUT2D eigenvalue weighted by atomic mass is 10.2. The van der Waals surface area contributed by atoms with E-state index in [1.54, 1.807) is 12.1 Å². The monoisotopic (exact) mass is 323 g/mol. The largest absolute Gasteiger partial charge is 0.457 e. The van der Waals surface area contributed by atoms with E-state index in [4.69, 9.17) is 4.74 Å². The van der Waals surface area contributed by atoms with E-state index in [0.717, 1.165) is 28.9 Å². The van der Waals surface area contributed by atoms with Gasteiger partial charge in [0.1, 0.15) is 17.3 Å². The molecule has 0 saturated heterocycles. The van der Waals surface area contributed by atoms with Crippen molar-refractivity contribution in [3.8, 4) is 11.5 Å². The molecule has 0 aliphatic heterocycles. The summed E-state index contributed by atoms with van der Waals surface area (Å²) in [6.45, 7) is 3.67. The van der Waals surface area contributed by atoms with Gasteiger partial charge in [0.05, 0.1) is 0 Å². The van der Waals surface area contributed by atoms with Crippen molar-refractivity contribution in [3.63, 3.8) is 0 Å². The Balaban J connectivity index is 2.20. The smallest absolute Gasteiger partial charge is 0.131 e. The van der Waals surface area contributed by atoms with Crippen molar-refractivity contribution in [2.75, 3.05) is 6.54 Å². The van der Waals surface area contributed by atoms with Gasteiger partial charge in [0.25, 0.3) is 0 Å². The first-order chi connectivity index (χ1) is 9.19. The minimum atomic E-state index is -0.268. The summed E-state index contributed by atoms with van der Waals surface area (Å²) in [4.78, 5) is 0. The topological polar surface area (TPSA) is 21.3 Å². The Morgan fingerprint density at radius 3 is 2.58 bits per heavy atom. The van der Waals surface area contributed by atoms with Gasteiger partial charge in [-0.1, -0.05) is 22.9 Å². The molecule has 100 valence electrons. The second kappa shape index (κ2) is 6.68. The van der Waals surface area contributed by atoms with Crippen LogP contribution in [0.4, 0.5) is 4.39 Å². The Bertz CT molecular complexity index is 542. The van der Waals surface area contributed by atoms with E-state index in [9.17, 15) is 4.39 Å². The number of benzene rings is 2. The molecule has 0 amide bonds. The molecule has 0 aliphatic carbocycles. The highest BCUT2D eigenvalue weighted by molar-refractivity contribution is 9.10. The molecule has 0 atom stereocenters. The maximum Gasteiger partial charge on any atom is 0.131 e. The van der Waals surface area contributed by atoms with Gasteiger partial charge in [-0.15, -0.1) is 0 Å². The Morgan fingerprint density at radius 1 is 1.16 bits per heavy atom. The lowest BCUT2D eigenvalue weighted by Crippen LogP contribution is -2.12. The molecule has 0 aromatic heterocycles. The second-order valence-electron chi connectivity index (χ2n) is 4.09. The summed E-state index contributed by atoms with van der Waals surface area (Å²) in [7, 11) is 0. The Hall–Kier alpha value is -1.39. The summed E-state index contributed by atoms with van der Waals surface area (Å²) >= 11 is 3.45. The van der Waals surface area contributed by atoms with Crippen LogP contribution in [0, 0.1) is 5.82 Å². The molecule has 2 aromatic carbocycles. The normalized spacial score (nSPS) is 10.5. The van der Waals surface area contributed by atoms with E-state index in [1.807, 2.05) is 18.2 Å². The van der Waals surface area contributed by atoms with Gasteiger partial charge in [-0.25, -0.2) is 4.39 Å². The third-order valence-corrected chi connectivity index (χ3v) is 3.12. The predicted molar refractivity (Wildman–Crippen MR) is 78.0 cm³/mol. The lowest BCUT2D eigenvalue weighted by molar-refractivity contribution is 0.471. The lowest BCUT2D eigenvalue weighted by Gasteiger charge is -2.12. The van der Waals surface area contributed by atoms with E-state index in [2.05, 4.69) is 28.2 Å². The van der Waals surface area contributed by atoms with Crippen LogP contribution in [0.25, 0.3) is 0 Å². The van der Waals surface area contributed by atoms with Crippen LogP contribution in [0.15, 0.2) is 46.9 Å². The molecule has 2 nitrogen and oxygen atoms in total. The van der Waals surface area contributed by atoms with Crippen molar-refractivity contribution in [1.82, 2.24) is 5.32 Å². The van der Waals surface area contributed by atoms with Crippen LogP contribution in [-0.2, 0) is 6.54 Å². The fourth-order valence-corrected chi connectivity index (χ4v) is 2.08. The minimum absolute atomic E-state index is 0.268. The van der Waals surface area contributed by atoms with Gasteiger partial charge in [0, 0.05) is 16.6 Å². The maximum absolute atomic E-state index is 12.9. The first-order valence-corrected chi connectivity index (χ1v) is 6.91. The number of ether oxygens (including phenoxy) is 1. The van der Waals surface area contributed by atoms with Crippen molar-refractivity contribution >= 4 is 15.9 Å². The van der Waals surface area contributed by atoms with E-state index in [0.29, 0.717) is 5.75 Å². The van der Waals surface area contributed by atoms with E-state index in [-0.39, 0.29) is 5.82 Å². The maximum atomic E-state index is 12.9. The molecule has 4 heteroatoms. The van der Waals surface area contributed by atoms with Crippen molar-refractivity contribution in [2.45, 2.75) is 13.5 Å². The zero-order chi connectivity index (χ0) is 13.7. The van der Waals surface area contributed by atoms with Crippen molar-refractivity contribution in [1.29, 1.82) is 0 Å². The molecule has 0 heterocycles. The summed E-state index contributed by atoms with van der Waals surface area (Å²) < 4.78 is 19.6. The van der Waals surface area contributed by atoms with Gasteiger partial charge in [-0.3, -0.25) is 0 Å². The number of halogens is 2. The van der Waals surface area contributed by atoms with Gasteiger partial charge in [-0.2, -0.15) is 0 Å². The predicted octanol–water partition coefficient (Wildman–Crippen LogP) is 4.49. The van der Waals surface area contributed by atoms with Crippen LogP contribution in [0.3, 0.4) is 0 Å². The number of nitrogens with one attached hydrogen (secondary N) is 1. The third kappa shape index (κ3) is 4.04. The highest BCUT2D eigenvalue weighted by atomic mass is 79.9. The van der Waals surface area contributed by atoms with Crippen molar-refractivity contribution in [3.05, 3.63) is 58.3 Å². The first kappa shape index (κ1) is 14.0. The van der Waals surface area contributed by atoms with Crippen LogP contribution in [-0.4, -0.2) is 6.54 Å². The summed E-state index contributed by atoms with van der Waals surface area (Å²) in [6, 6.07) is 11.9. The first-order valence-electron chi connectivity index (χ1n) is 6.11. The number of hydrogen-bond donors (Lipinski definition) is 1. The average Bonchev–Trinajstić information content (AvgIpc) is 2.41. The zero-order valence-electron chi connectivity index (χ0n) is 10.6. The molecule has 0 fully saturated rings. The Kier molecular flexibility index (Phi) is 4.93. The summed E-state index contributed by atoms with van der Waals surface area (Å²) in [5.74, 6) is 1.13. The molecule has 0 bridgehead atoms. The third-order valence-electron chi connectivity index (χ3n) is 2.63. The fraction of sp³-hybridized carbons (Fsp3) is 0.200. The van der Waals surface area contributed by atoms with E-state index < -0.39 is 0 Å². The van der Waals surface area contributed by atoms with Crippen LogP contribution >= 0.6 is 15.9 Å². The molecule has 2 rings (SSSR count). The fourth-order valence-electron chi connectivity index (χ4n) is 1.68. The molecular weight excluding hydrogens is 309 g/mol. The Labute approximate surface area is 120 Å². The molecule has 0 spiro atoms. The molecule has 19 heavy (non-hydrogen) atoms. The SMILES string of the molecule is CCNCc1cc(Br)ccc1Oc1ccc(F)cc1. The van der Waals surface area contributed by atoms with Crippen LogP contribution < -0.4 is 10.1 Å². The van der Waals surface area contributed by atoms with Gasteiger partial charge in [-0.05, 0) is 49.0 Å². The number of rotatable bonds is 5. The van der Waals surface area contributed by atoms with Crippen LogP contribution in [0.5, 0.6) is 11.5 Å². The van der Waals surface area contributed by atoms with E-state index in [1.165, 1.54) is 12.1 Å². The van der Waals surface area contributed by atoms with Gasteiger partial charge >= 0.3 is 0 Å². The molecular formula is C15H15BrFNO. The van der Waals surface area contributed by atoms with Crippen molar-refractivity contribution < 1.29 is 9.13 Å². The van der Waals surface area contributed by atoms with Gasteiger partial charge in [0.15, 0.2) is 0 Å². The molecule has 1 N–H and O–H groups in total. The highest BCUT2D eigenvalue weighted by Gasteiger charge is 2.06. The van der Waals surface area contributed by atoms with Crippen LogP contribution in [0.2, 0.25) is 0 Å². The summed E-state index contributed by atoms with van der Waals surface area (Å²) in [5.41, 5.74) is 1.06. The highest BCUT2D eigenvalue weighted by Crippen LogP contribution is 2.28. The molecule has 0 saturated carbocycles. The van der Waals surface area contributed by atoms with Crippen molar-refractivity contribution in [2.24, 2.45) is 0 Å². The standard InChI is InChI=1S/C15H15BrFNO/c1-2-18-10-11-9-12(16)3-8-15(11)19-14-6-4-13(17)5-7-14/h3-9,18H,2,10H2,1H3. The Morgan fingerprint density at radius 2 is 1.89 bits per heavy atom. The van der Waals surface area contributed by atoms with E-state index >= 15 is 0 Å². The molecule has 0 aliphatic rings. The average molecular weight is 324 g/mol. The summed E-state index contributed by atoms with van der Waals surface area (Å²) in [5, 5.41) is 3.27. The van der Waals surface area contributed by atoms with Gasteiger partial charge in [0.2, 0.25) is 0 Å². The van der Waals surface area contributed by atoms with Gasteiger partial charge < -0.3 is 10.1 Å². The second-order valence-corrected chi connectivity index (χ2v) is 5.00. The minimum Gasteiger partial charge on any atom is -0.457 e. The summed E-state index contributed by atoms with van der Waals surface area (Å²) in [6.07, 6.45) is 0.